The third kappa shape index (κ3) is 1.86. The highest BCUT2D eigenvalue weighted by molar-refractivity contribution is 5.79. The minimum Gasteiger partial charge on any atom is -0.350 e. The molecule has 1 fully saturated rings. The van der Waals surface area contributed by atoms with E-state index in [4.69, 9.17) is 0 Å². The largest absolute Gasteiger partial charge is 0.350 e. The van der Waals surface area contributed by atoms with Crippen molar-refractivity contribution in [2.24, 2.45) is 5.92 Å². The third-order valence-corrected chi connectivity index (χ3v) is 2.16. The standard InChI is InChI=1S/C8H12N4O/c13-8(6-3-9-4-6)10-5-7-1-2-11-12-7/h1-2,6,9H,3-5H2,(H,10,13)(H,11,12). The summed E-state index contributed by atoms with van der Waals surface area (Å²) in [5.41, 5.74) is 0.931. The average molecular weight is 180 g/mol. The van der Waals surface area contributed by atoms with Crippen LogP contribution in [0.5, 0.6) is 0 Å². The van der Waals surface area contributed by atoms with Gasteiger partial charge < -0.3 is 10.6 Å². The number of aromatic amines is 1. The van der Waals surface area contributed by atoms with Gasteiger partial charge in [-0.1, -0.05) is 0 Å². The molecular formula is C8H12N4O. The van der Waals surface area contributed by atoms with Crippen LogP contribution in [0.1, 0.15) is 5.69 Å². The van der Waals surface area contributed by atoms with Crippen molar-refractivity contribution in [1.82, 2.24) is 20.8 Å². The van der Waals surface area contributed by atoms with Gasteiger partial charge in [-0.2, -0.15) is 5.10 Å². The van der Waals surface area contributed by atoms with Gasteiger partial charge in [-0.25, -0.2) is 0 Å². The number of hydrogen-bond acceptors (Lipinski definition) is 3. The lowest BCUT2D eigenvalue weighted by Crippen LogP contribution is -2.50. The predicted molar refractivity (Wildman–Crippen MR) is 46.8 cm³/mol. The normalized spacial score (nSPS) is 16.6. The first-order valence-corrected chi connectivity index (χ1v) is 4.33. The molecule has 1 saturated heterocycles. The molecule has 5 heteroatoms. The van der Waals surface area contributed by atoms with E-state index in [0.29, 0.717) is 6.54 Å². The number of aromatic nitrogens is 2. The SMILES string of the molecule is O=C(NCc1ccn[nH]1)C1CNC1. The Labute approximate surface area is 75.9 Å². The maximum atomic E-state index is 11.3. The van der Waals surface area contributed by atoms with Crippen LogP contribution in [0.2, 0.25) is 0 Å². The molecule has 0 radical (unpaired) electrons. The molecular weight excluding hydrogens is 168 g/mol. The smallest absolute Gasteiger partial charge is 0.226 e. The minimum atomic E-state index is 0.119. The van der Waals surface area contributed by atoms with Gasteiger partial charge in [-0.3, -0.25) is 9.89 Å². The quantitative estimate of drug-likeness (QED) is 0.573. The fourth-order valence-electron chi connectivity index (χ4n) is 1.18. The summed E-state index contributed by atoms with van der Waals surface area (Å²) in [6.45, 7) is 2.14. The summed E-state index contributed by atoms with van der Waals surface area (Å²) in [5.74, 6) is 0.274. The number of amides is 1. The lowest BCUT2D eigenvalue weighted by molar-refractivity contribution is -0.126. The Morgan fingerprint density at radius 3 is 3.08 bits per heavy atom. The zero-order valence-electron chi connectivity index (χ0n) is 7.21. The van der Waals surface area contributed by atoms with Crippen LogP contribution in [-0.4, -0.2) is 29.2 Å². The van der Waals surface area contributed by atoms with Crippen molar-refractivity contribution in [1.29, 1.82) is 0 Å². The minimum absolute atomic E-state index is 0.119. The molecule has 0 aliphatic carbocycles. The highest BCUT2D eigenvalue weighted by Gasteiger charge is 2.24. The number of hydrogen-bond donors (Lipinski definition) is 3. The van der Waals surface area contributed by atoms with Crippen LogP contribution in [-0.2, 0) is 11.3 Å². The highest BCUT2D eigenvalue weighted by Crippen LogP contribution is 2.02. The Balaban J connectivity index is 1.76. The van der Waals surface area contributed by atoms with E-state index >= 15 is 0 Å². The monoisotopic (exact) mass is 180 g/mol. The van der Waals surface area contributed by atoms with Gasteiger partial charge in [0.15, 0.2) is 0 Å². The van der Waals surface area contributed by atoms with E-state index in [2.05, 4.69) is 20.8 Å². The molecule has 0 atom stereocenters. The van der Waals surface area contributed by atoms with E-state index in [9.17, 15) is 4.79 Å². The molecule has 0 unspecified atom stereocenters. The average Bonchev–Trinajstić information content (AvgIpc) is 2.49. The fourth-order valence-corrected chi connectivity index (χ4v) is 1.18. The van der Waals surface area contributed by atoms with E-state index in [-0.39, 0.29) is 11.8 Å². The van der Waals surface area contributed by atoms with Crippen molar-refractivity contribution in [3.05, 3.63) is 18.0 Å². The van der Waals surface area contributed by atoms with E-state index in [1.54, 1.807) is 6.20 Å². The van der Waals surface area contributed by atoms with Crippen molar-refractivity contribution in [2.45, 2.75) is 6.54 Å². The van der Waals surface area contributed by atoms with Crippen molar-refractivity contribution in [2.75, 3.05) is 13.1 Å². The molecule has 1 aliphatic heterocycles. The zero-order valence-corrected chi connectivity index (χ0v) is 7.21. The maximum absolute atomic E-state index is 11.3. The Morgan fingerprint density at radius 1 is 1.69 bits per heavy atom. The first kappa shape index (κ1) is 8.25. The molecule has 0 bridgehead atoms. The van der Waals surface area contributed by atoms with Gasteiger partial charge in [-0.05, 0) is 6.07 Å². The number of nitrogens with zero attached hydrogens (tertiary/aromatic N) is 1. The molecule has 0 aromatic carbocycles. The molecule has 1 aliphatic rings. The number of rotatable bonds is 3. The summed E-state index contributed by atoms with van der Waals surface area (Å²) in [6.07, 6.45) is 1.67. The summed E-state index contributed by atoms with van der Waals surface area (Å²) < 4.78 is 0. The Kier molecular flexibility index (Phi) is 2.27. The molecule has 70 valence electrons. The molecule has 0 spiro atoms. The predicted octanol–water partition coefficient (Wildman–Crippen LogP) is -0.755. The highest BCUT2D eigenvalue weighted by atomic mass is 16.2. The number of nitrogens with one attached hydrogen (secondary N) is 3. The van der Waals surface area contributed by atoms with Crippen molar-refractivity contribution >= 4 is 5.91 Å². The number of carbonyl (C=O) groups is 1. The van der Waals surface area contributed by atoms with Crippen LogP contribution >= 0.6 is 0 Å². The second kappa shape index (κ2) is 3.57. The van der Waals surface area contributed by atoms with Crippen LogP contribution in [0.15, 0.2) is 12.3 Å². The van der Waals surface area contributed by atoms with Gasteiger partial charge >= 0.3 is 0 Å². The van der Waals surface area contributed by atoms with Crippen LogP contribution in [0.4, 0.5) is 0 Å². The molecule has 2 rings (SSSR count). The molecule has 1 aromatic rings. The summed E-state index contributed by atoms with van der Waals surface area (Å²) in [7, 11) is 0. The summed E-state index contributed by atoms with van der Waals surface area (Å²) in [5, 5.41) is 12.5. The zero-order chi connectivity index (χ0) is 9.10. The Morgan fingerprint density at radius 2 is 2.54 bits per heavy atom. The lowest BCUT2D eigenvalue weighted by atomic mass is 10.0. The molecule has 1 amide bonds. The summed E-state index contributed by atoms with van der Waals surface area (Å²) in [6, 6.07) is 1.85. The van der Waals surface area contributed by atoms with E-state index in [1.165, 1.54) is 0 Å². The number of carbonyl (C=O) groups excluding carboxylic acids is 1. The molecule has 0 saturated carbocycles. The summed E-state index contributed by atoms with van der Waals surface area (Å²) >= 11 is 0. The van der Waals surface area contributed by atoms with Gasteiger partial charge in [0.2, 0.25) is 5.91 Å². The van der Waals surface area contributed by atoms with E-state index in [0.717, 1.165) is 18.8 Å². The number of H-pyrrole nitrogens is 1. The van der Waals surface area contributed by atoms with Crippen LogP contribution < -0.4 is 10.6 Å². The second-order valence-electron chi connectivity index (χ2n) is 3.15. The third-order valence-electron chi connectivity index (χ3n) is 2.16. The van der Waals surface area contributed by atoms with Crippen molar-refractivity contribution < 1.29 is 4.79 Å². The maximum Gasteiger partial charge on any atom is 0.226 e. The van der Waals surface area contributed by atoms with Crippen molar-refractivity contribution in [3.63, 3.8) is 0 Å². The molecule has 13 heavy (non-hydrogen) atoms. The molecule has 5 nitrogen and oxygen atoms in total. The lowest BCUT2D eigenvalue weighted by Gasteiger charge is -2.25. The van der Waals surface area contributed by atoms with Gasteiger partial charge in [0, 0.05) is 19.3 Å². The van der Waals surface area contributed by atoms with E-state index < -0.39 is 0 Å². The molecule has 1 aromatic heterocycles. The van der Waals surface area contributed by atoms with Crippen LogP contribution in [0, 0.1) is 5.92 Å². The molecule has 3 N–H and O–H groups in total. The molecule has 2 heterocycles. The first-order chi connectivity index (χ1) is 6.36. The summed E-state index contributed by atoms with van der Waals surface area (Å²) in [4.78, 5) is 11.3. The van der Waals surface area contributed by atoms with Crippen molar-refractivity contribution in [3.8, 4) is 0 Å². The Hall–Kier alpha value is -1.36. The van der Waals surface area contributed by atoms with Gasteiger partial charge in [0.05, 0.1) is 18.2 Å². The second-order valence-corrected chi connectivity index (χ2v) is 3.15. The van der Waals surface area contributed by atoms with Gasteiger partial charge in [0.1, 0.15) is 0 Å². The van der Waals surface area contributed by atoms with Gasteiger partial charge in [-0.15, -0.1) is 0 Å². The Bertz CT molecular complexity index is 278. The topological polar surface area (TPSA) is 69.8 Å². The first-order valence-electron chi connectivity index (χ1n) is 4.33. The van der Waals surface area contributed by atoms with Crippen LogP contribution in [0.3, 0.4) is 0 Å². The van der Waals surface area contributed by atoms with Gasteiger partial charge in [0.25, 0.3) is 0 Å². The van der Waals surface area contributed by atoms with E-state index in [1.807, 2.05) is 6.07 Å². The fraction of sp³-hybridized carbons (Fsp3) is 0.500. The van der Waals surface area contributed by atoms with Crippen LogP contribution in [0.25, 0.3) is 0 Å².